The molecule has 1 aromatic carbocycles. The smallest absolute Gasteiger partial charge is 0.379 e. The van der Waals surface area contributed by atoms with E-state index < -0.39 is 40.5 Å². The fourth-order valence-corrected chi connectivity index (χ4v) is 1.40. The average molecular weight is 284 g/mol. The molecule has 0 aliphatic rings. The van der Waals surface area contributed by atoms with Crippen LogP contribution in [0.5, 0.6) is 0 Å². The molecule has 0 fully saturated rings. The summed E-state index contributed by atoms with van der Waals surface area (Å²) in [5.41, 5.74) is -1.47. The van der Waals surface area contributed by atoms with E-state index >= 15 is 0 Å². The maximum Gasteiger partial charge on any atom is 0.389 e. The molecule has 19 heavy (non-hydrogen) atoms. The average Bonchev–Trinajstić information content (AvgIpc) is 2.21. The number of rotatable bonds is 5. The number of nitro groups is 1. The highest BCUT2D eigenvalue weighted by Crippen LogP contribution is 2.29. The van der Waals surface area contributed by atoms with Crippen LogP contribution in [0.25, 0.3) is 0 Å². The molecular weight excluding hydrogens is 275 g/mol. The zero-order valence-electron chi connectivity index (χ0n) is 9.43. The number of anilines is 1. The van der Waals surface area contributed by atoms with Gasteiger partial charge < -0.3 is 5.32 Å². The molecule has 0 saturated heterocycles. The SMILES string of the molecule is O=[N+]([O-])c1c(F)cc(F)cc1NCCCC(F)(F)F. The van der Waals surface area contributed by atoms with Crippen LogP contribution in [0.3, 0.4) is 0 Å². The monoisotopic (exact) mass is 284 g/mol. The number of hydrogen-bond acceptors (Lipinski definition) is 3. The van der Waals surface area contributed by atoms with Crippen molar-refractivity contribution < 1.29 is 26.9 Å². The van der Waals surface area contributed by atoms with Crippen LogP contribution in [0.2, 0.25) is 0 Å². The molecule has 0 aromatic heterocycles. The van der Waals surface area contributed by atoms with Crippen LogP contribution >= 0.6 is 0 Å². The van der Waals surface area contributed by atoms with E-state index in [4.69, 9.17) is 0 Å². The van der Waals surface area contributed by atoms with Crippen molar-refractivity contribution >= 4 is 11.4 Å². The minimum atomic E-state index is -4.35. The summed E-state index contributed by atoms with van der Waals surface area (Å²) < 4.78 is 61.6. The summed E-state index contributed by atoms with van der Waals surface area (Å²) in [6.07, 6.45) is -5.80. The molecule has 0 aliphatic carbocycles. The van der Waals surface area contributed by atoms with E-state index in [1.54, 1.807) is 0 Å². The van der Waals surface area contributed by atoms with E-state index in [-0.39, 0.29) is 13.0 Å². The highest BCUT2D eigenvalue weighted by Gasteiger charge is 2.26. The molecule has 0 spiro atoms. The Hall–Kier alpha value is -1.93. The van der Waals surface area contributed by atoms with Crippen LogP contribution in [0, 0.1) is 21.7 Å². The molecule has 1 rings (SSSR count). The fraction of sp³-hybridized carbons (Fsp3) is 0.400. The van der Waals surface area contributed by atoms with Gasteiger partial charge in [0, 0.05) is 25.1 Å². The Kier molecular flexibility index (Phi) is 4.62. The van der Waals surface area contributed by atoms with Crippen LogP contribution in [0.15, 0.2) is 12.1 Å². The Morgan fingerprint density at radius 2 is 1.89 bits per heavy atom. The molecule has 0 unspecified atom stereocenters. The van der Waals surface area contributed by atoms with Gasteiger partial charge in [0.25, 0.3) is 0 Å². The minimum absolute atomic E-state index is 0.288. The zero-order chi connectivity index (χ0) is 14.6. The Morgan fingerprint density at radius 1 is 1.26 bits per heavy atom. The Labute approximate surface area is 104 Å². The van der Waals surface area contributed by atoms with Gasteiger partial charge in [0.05, 0.1) is 4.92 Å². The molecule has 0 heterocycles. The lowest BCUT2D eigenvalue weighted by Crippen LogP contribution is -2.12. The van der Waals surface area contributed by atoms with E-state index in [1.807, 2.05) is 0 Å². The van der Waals surface area contributed by atoms with Crippen LogP contribution in [-0.2, 0) is 0 Å². The maximum atomic E-state index is 13.2. The van der Waals surface area contributed by atoms with Crippen LogP contribution in [0.1, 0.15) is 12.8 Å². The number of nitrogens with zero attached hydrogens (tertiary/aromatic N) is 1. The number of benzene rings is 1. The number of nitro benzene ring substituents is 1. The van der Waals surface area contributed by atoms with Crippen LogP contribution in [0.4, 0.5) is 33.3 Å². The summed E-state index contributed by atoms with van der Waals surface area (Å²) in [5.74, 6) is -2.44. The lowest BCUT2D eigenvalue weighted by molar-refractivity contribution is -0.386. The summed E-state index contributed by atoms with van der Waals surface area (Å²) in [6.45, 7) is -0.288. The second-order valence-corrected chi connectivity index (χ2v) is 3.69. The first-order chi connectivity index (χ1) is 8.70. The Bertz CT molecular complexity index is 476. The molecule has 0 atom stereocenters. The first-order valence-electron chi connectivity index (χ1n) is 5.15. The van der Waals surface area contributed by atoms with Gasteiger partial charge in [-0.2, -0.15) is 17.6 Å². The van der Waals surface area contributed by atoms with Gasteiger partial charge in [-0.1, -0.05) is 0 Å². The molecule has 0 bridgehead atoms. The molecule has 4 nitrogen and oxygen atoms in total. The maximum absolute atomic E-state index is 13.2. The van der Waals surface area contributed by atoms with Crippen molar-refractivity contribution in [2.45, 2.75) is 19.0 Å². The van der Waals surface area contributed by atoms with E-state index in [0.29, 0.717) is 12.1 Å². The van der Waals surface area contributed by atoms with Gasteiger partial charge in [0.1, 0.15) is 11.5 Å². The summed E-state index contributed by atoms with van der Waals surface area (Å²) in [5, 5.41) is 12.8. The third-order valence-corrected chi connectivity index (χ3v) is 2.16. The summed E-state index contributed by atoms with van der Waals surface area (Å²) in [6, 6.07) is 0.994. The van der Waals surface area contributed by atoms with Crippen molar-refractivity contribution in [3.8, 4) is 0 Å². The molecule has 1 aromatic rings. The van der Waals surface area contributed by atoms with Crippen LogP contribution in [-0.4, -0.2) is 17.6 Å². The third kappa shape index (κ3) is 4.68. The zero-order valence-corrected chi connectivity index (χ0v) is 9.43. The van der Waals surface area contributed by atoms with Crippen molar-refractivity contribution in [1.82, 2.24) is 0 Å². The molecule has 1 N–H and O–H groups in total. The topological polar surface area (TPSA) is 55.2 Å². The van der Waals surface area contributed by atoms with Gasteiger partial charge in [-0.15, -0.1) is 0 Å². The molecule has 0 radical (unpaired) electrons. The molecule has 0 saturated carbocycles. The Morgan fingerprint density at radius 3 is 2.42 bits per heavy atom. The summed E-state index contributed by atoms with van der Waals surface area (Å²) >= 11 is 0. The van der Waals surface area contributed by atoms with Gasteiger partial charge in [-0.3, -0.25) is 10.1 Å². The van der Waals surface area contributed by atoms with E-state index in [1.165, 1.54) is 0 Å². The number of nitrogens with one attached hydrogen (secondary N) is 1. The van der Waals surface area contributed by atoms with Crippen molar-refractivity contribution in [2.75, 3.05) is 11.9 Å². The first-order valence-corrected chi connectivity index (χ1v) is 5.15. The lowest BCUT2D eigenvalue weighted by Gasteiger charge is -2.09. The predicted octanol–water partition coefficient (Wildman–Crippen LogP) is 3.63. The second-order valence-electron chi connectivity index (χ2n) is 3.69. The second kappa shape index (κ2) is 5.81. The summed E-state index contributed by atoms with van der Waals surface area (Å²) in [7, 11) is 0. The largest absolute Gasteiger partial charge is 0.389 e. The minimum Gasteiger partial charge on any atom is -0.379 e. The van der Waals surface area contributed by atoms with Gasteiger partial charge in [-0.25, -0.2) is 4.39 Å². The quantitative estimate of drug-likeness (QED) is 0.389. The standard InChI is InChI=1S/C10H9F5N2O2/c11-6-4-7(12)9(17(18)19)8(5-6)16-3-1-2-10(13,14)15/h4-5,16H,1-3H2. The fourth-order valence-electron chi connectivity index (χ4n) is 1.40. The molecule has 106 valence electrons. The molecular formula is C10H9F5N2O2. The van der Waals surface area contributed by atoms with Gasteiger partial charge in [0.15, 0.2) is 0 Å². The molecule has 9 heteroatoms. The van der Waals surface area contributed by atoms with Crippen molar-refractivity contribution in [3.05, 3.63) is 33.9 Å². The van der Waals surface area contributed by atoms with E-state index in [0.717, 1.165) is 0 Å². The number of halogens is 5. The van der Waals surface area contributed by atoms with E-state index in [9.17, 15) is 32.1 Å². The summed E-state index contributed by atoms with van der Waals surface area (Å²) in [4.78, 5) is 9.50. The molecule has 0 amide bonds. The van der Waals surface area contributed by atoms with Gasteiger partial charge >= 0.3 is 11.9 Å². The molecule has 0 aliphatic heterocycles. The Balaban J connectivity index is 2.75. The van der Waals surface area contributed by atoms with Crippen LogP contribution < -0.4 is 5.32 Å². The van der Waals surface area contributed by atoms with Gasteiger partial charge in [-0.05, 0) is 6.42 Å². The van der Waals surface area contributed by atoms with Gasteiger partial charge in [0.2, 0.25) is 5.82 Å². The van der Waals surface area contributed by atoms with E-state index in [2.05, 4.69) is 5.32 Å². The predicted molar refractivity (Wildman–Crippen MR) is 56.8 cm³/mol. The normalized spacial score (nSPS) is 11.4. The van der Waals surface area contributed by atoms with Crippen molar-refractivity contribution in [1.29, 1.82) is 0 Å². The van der Waals surface area contributed by atoms with Crippen molar-refractivity contribution in [2.24, 2.45) is 0 Å². The van der Waals surface area contributed by atoms with Crippen molar-refractivity contribution in [3.63, 3.8) is 0 Å². The highest BCUT2D eigenvalue weighted by molar-refractivity contribution is 5.62. The number of hydrogen-bond donors (Lipinski definition) is 1. The first kappa shape index (κ1) is 15.1. The highest BCUT2D eigenvalue weighted by atomic mass is 19.4. The number of alkyl halides is 3. The third-order valence-electron chi connectivity index (χ3n) is 2.16. The lowest BCUT2D eigenvalue weighted by atomic mass is 10.2.